The fourth-order valence-electron chi connectivity index (χ4n) is 1.98. The van der Waals surface area contributed by atoms with Crippen LogP contribution in [-0.4, -0.2) is 36.0 Å². The van der Waals surface area contributed by atoms with Gasteiger partial charge in [-0.1, -0.05) is 13.0 Å². The minimum absolute atomic E-state index is 0.624. The van der Waals surface area contributed by atoms with Gasteiger partial charge in [0.15, 0.2) is 0 Å². The summed E-state index contributed by atoms with van der Waals surface area (Å²) in [5.41, 5.74) is -0.828. The van der Waals surface area contributed by atoms with Gasteiger partial charge >= 0.3 is 5.97 Å². The van der Waals surface area contributed by atoms with Crippen molar-refractivity contribution in [2.24, 2.45) is 0 Å². The zero-order chi connectivity index (χ0) is 15.7. The summed E-state index contributed by atoms with van der Waals surface area (Å²) in [7, 11) is 1.65. The Bertz CT molecular complexity index is 453. The summed E-state index contributed by atoms with van der Waals surface area (Å²) in [5, 5.41) is 12.5. The van der Waals surface area contributed by atoms with E-state index in [0.717, 1.165) is 35.8 Å². The van der Waals surface area contributed by atoms with Gasteiger partial charge in [0.05, 0.1) is 7.11 Å². The zero-order valence-electron chi connectivity index (χ0n) is 13.0. The van der Waals surface area contributed by atoms with Crippen molar-refractivity contribution in [3.63, 3.8) is 0 Å². The molecule has 1 unspecified atom stereocenters. The molecule has 1 aromatic rings. The van der Waals surface area contributed by atoms with Crippen molar-refractivity contribution in [2.75, 3.05) is 19.4 Å². The molecule has 0 saturated carbocycles. The fourth-order valence-corrected chi connectivity index (χ4v) is 2.88. The Morgan fingerprint density at radius 2 is 2.24 bits per heavy atom. The third-order valence-corrected chi connectivity index (χ3v) is 4.45. The normalized spacial score (nSPS) is 13.7. The summed E-state index contributed by atoms with van der Waals surface area (Å²) >= 11 is 1.73. The molecule has 118 valence electrons. The Hall–Kier alpha value is -1.20. The van der Waals surface area contributed by atoms with E-state index < -0.39 is 11.5 Å². The number of carbonyl (C=O) groups is 1. The molecule has 0 heterocycles. The molecule has 0 saturated heterocycles. The van der Waals surface area contributed by atoms with Crippen LogP contribution in [0, 0.1) is 0 Å². The summed E-state index contributed by atoms with van der Waals surface area (Å²) in [4.78, 5) is 12.5. The number of benzene rings is 1. The number of hydrogen-bond donors (Lipinski definition) is 2. The van der Waals surface area contributed by atoms with Gasteiger partial charge in [0.25, 0.3) is 0 Å². The monoisotopic (exact) mass is 311 g/mol. The van der Waals surface area contributed by atoms with Crippen LogP contribution in [0.15, 0.2) is 29.2 Å². The van der Waals surface area contributed by atoms with Crippen LogP contribution in [0.3, 0.4) is 0 Å². The molecule has 21 heavy (non-hydrogen) atoms. The highest BCUT2D eigenvalue weighted by molar-refractivity contribution is 7.99. The quantitative estimate of drug-likeness (QED) is 0.512. The average molecular weight is 311 g/mol. The molecule has 0 fully saturated rings. The number of carboxylic acid groups (broad SMARTS) is 1. The Kier molecular flexibility index (Phi) is 7.61. The molecule has 0 bridgehead atoms. The third-order valence-electron chi connectivity index (χ3n) is 3.37. The second-order valence-corrected chi connectivity index (χ2v) is 6.36. The lowest BCUT2D eigenvalue weighted by Crippen LogP contribution is -2.49. The van der Waals surface area contributed by atoms with E-state index in [1.54, 1.807) is 25.8 Å². The van der Waals surface area contributed by atoms with Crippen molar-refractivity contribution in [1.82, 2.24) is 5.32 Å². The van der Waals surface area contributed by atoms with Crippen molar-refractivity contribution in [3.05, 3.63) is 24.3 Å². The van der Waals surface area contributed by atoms with Crippen molar-refractivity contribution in [3.8, 4) is 5.75 Å². The Morgan fingerprint density at radius 3 is 2.86 bits per heavy atom. The molecule has 1 atom stereocenters. The standard InChI is InChI=1S/C16H25NO3S/c1-4-10-17-16(2,15(18)19)9-6-11-21-14-8-5-7-13(12-14)20-3/h5,7-8,12,17H,4,6,9-11H2,1-3H3,(H,18,19). The molecule has 0 aliphatic rings. The van der Waals surface area contributed by atoms with E-state index in [-0.39, 0.29) is 0 Å². The van der Waals surface area contributed by atoms with Gasteiger partial charge in [-0.3, -0.25) is 4.79 Å². The van der Waals surface area contributed by atoms with Gasteiger partial charge in [0.2, 0.25) is 0 Å². The SMILES string of the molecule is CCCNC(C)(CCCSc1cccc(OC)c1)C(=O)O. The molecule has 0 spiro atoms. The minimum atomic E-state index is -0.828. The highest BCUT2D eigenvalue weighted by Crippen LogP contribution is 2.25. The highest BCUT2D eigenvalue weighted by Gasteiger charge is 2.31. The topological polar surface area (TPSA) is 58.6 Å². The summed E-state index contributed by atoms with van der Waals surface area (Å²) < 4.78 is 5.19. The van der Waals surface area contributed by atoms with Crippen molar-refractivity contribution in [1.29, 1.82) is 0 Å². The van der Waals surface area contributed by atoms with Crippen LogP contribution in [0.25, 0.3) is 0 Å². The largest absolute Gasteiger partial charge is 0.497 e. The van der Waals surface area contributed by atoms with Gasteiger partial charge in [-0.05, 0) is 56.7 Å². The van der Waals surface area contributed by atoms with Crippen molar-refractivity contribution < 1.29 is 14.6 Å². The lowest BCUT2D eigenvalue weighted by molar-refractivity contribution is -0.144. The number of hydrogen-bond acceptors (Lipinski definition) is 4. The number of nitrogens with one attached hydrogen (secondary N) is 1. The second-order valence-electron chi connectivity index (χ2n) is 5.20. The molecule has 2 N–H and O–H groups in total. The third kappa shape index (κ3) is 5.98. The lowest BCUT2D eigenvalue weighted by Gasteiger charge is -2.26. The number of aliphatic carboxylic acids is 1. The number of carboxylic acids is 1. The molecule has 1 rings (SSSR count). The summed E-state index contributed by atoms with van der Waals surface area (Å²) in [6.07, 6.45) is 2.40. The smallest absolute Gasteiger partial charge is 0.323 e. The van der Waals surface area contributed by atoms with Crippen LogP contribution in [0.1, 0.15) is 33.1 Å². The molecular weight excluding hydrogens is 286 g/mol. The van der Waals surface area contributed by atoms with Gasteiger partial charge in [-0.25, -0.2) is 0 Å². The fraction of sp³-hybridized carbons (Fsp3) is 0.562. The molecule has 1 aromatic carbocycles. The minimum Gasteiger partial charge on any atom is -0.497 e. The predicted molar refractivity (Wildman–Crippen MR) is 87.3 cm³/mol. The zero-order valence-corrected chi connectivity index (χ0v) is 13.8. The van der Waals surface area contributed by atoms with Crippen molar-refractivity contribution >= 4 is 17.7 Å². The molecule has 0 aromatic heterocycles. The number of rotatable bonds is 10. The van der Waals surface area contributed by atoms with Gasteiger partial charge in [0.1, 0.15) is 11.3 Å². The first kappa shape index (κ1) is 17.9. The van der Waals surface area contributed by atoms with Gasteiger partial charge in [-0.2, -0.15) is 0 Å². The van der Waals surface area contributed by atoms with Crippen LogP contribution in [0.4, 0.5) is 0 Å². The van der Waals surface area contributed by atoms with E-state index in [2.05, 4.69) is 5.32 Å². The predicted octanol–water partition coefficient (Wildman–Crippen LogP) is 3.41. The Balaban J connectivity index is 2.42. The van der Waals surface area contributed by atoms with E-state index >= 15 is 0 Å². The summed E-state index contributed by atoms with van der Waals surface area (Å²) in [6, 6.07) is 7.92. The van der Waals surface area contributed by atoms with Gasteiger partial charge in [-0.15, -0.1) is 11.8 Å². The average Bonchev–Trinajstić information content (AvgIpc) is 2.49. The molecule has 0 aliphatic heterocycles. The van der Waals surface area contributed by atoms with Gasteiger partial charge < -0.3 is 15.2 Å². The maximum Gasteiger partial charge on any atom is 0.323 e. The maximum atomic E-state index is 11.4. The van der Waals surface area contributed by atoms with Crippen LogP contribution in [-0.2, 0) is 4.79 Å². The van der Waals surface area contributed by atoms with E-state index in [9.17, 15) is 9.90 Å². The Labute approximate surface area is 131 Å². The van der Waals surface area contributed by atoms with E-state index in [4.69, 9.17) is 4.74 Å². The van der Waals surface area contributed by atoms with Crippen LogP contribution >= 0.6 is 11.8 Å². The van der Waals surface area contributed by atoms with E-state index in [1.807, 2.05) is 31.2 Å². The molecular formula is C16H25NO3S. The molecule has 4 nitrogen and oxygen atoms in total. The first-order chi connectivity index (χ1) is 10.0. The van der Waals surface area contributed by atoms with E-state index in [1.165, 1.54) is 0 Å². The Morgan fingerprint density at radius 1 is 1.48 bits per heavy atom. The maximum absolute atomic E-state index is 11.4. The molecule has 5 heteroatoms. The first-order valence-electron chi connectivity index (χ1n) is 7.27. The number of thioether (sulfide) groups is 1. The number of methoxy groups -OCH3 is 1. The van der Waals surface area contributed by atoms with Crippen molar-refractivity contribution in [2.45, 2.75) is 43.5 Å². The lowest BCUT2D eigenvalue weighted by atomic mass is 9.96. The molecule has 0 aliphatic carbocycles. The molecule has 0 radical (unpaired) electrons. The van der Waals surface area contributed by atoms with Crippen LogP contribution in [0.2, 0.25) is 0 Å². The second kappa shape index (κ2) is 8.95. The first-order valence-corrected chi connectivity index (χ1v) is 8.25. The molecule has 0 amide bonds. The van der Waals surface area contributed by atoms with Crippen LogP contribution in [0.5, 0.6) is 5.75 Å². The highest BCUT2D eigenvalue weighted by atomic mass is 32.2. The summed E-state index contributed by atoms with van der Waals surface area (Å²) in [6.45, 7) is 4.53. The van der Waals surface area contributed by atoms with Gasteiger partial charge in [0, 0.05) is 4.90 Å². The number of ether oxygens (including phenoxy) is 1. The van der Waals surface area contributed by atoms with Crippen LogP contribution < -0.4 is 10.1 Å². The summed E-state index contributed by atoms with van der Waals surface area (Å²) in [5.74, 6) is 0.964. The van der Waals surface area contributed by atoms with E-state index in [0.29, 0.717) is 6.42 Å².